The average molecular weight is 260 g/mol. The molecule has 0 aliphatic carbocycles. The van der Waals surface area contributed by atoms with Crippen molar-refractivity contribution in [3.8, 4) is 6.07 Å². The number of aliphatic hydroxyl groups is 1. The fraction of sp³-hybridized carbons (Fsp3) is 0.909. The van der Waals surface area contributed by atoms with Crippen LogP contribution in [-0.4, -0.2) is 42.3 Å². The van der Waals surface area contributed by atoms with Crippen LogP contribution in [0.15, 0.2) is 0 Å². The van der Waals surface area contributed by atoms with Gasteiger partial charge in [-0.25, -0.2) is 12.7 Å². The Morgan fingerprint density at radius 3 is 2.35 bits per heavy atom. The Kier molecular flexibility index (Phi) is 4.92. The van der Waals surface area contributed by atoms with Crippen LogP contribution < -0.4 is 0 Å². The van der Waals surface area contributed by atoms with E-state index in [9.17, 15) is 13.5 Å². The van der Waals surface area contributed by atoms with E-state index in [1.807, 2.05) is 6.07 Å². The molecule has 0 bridgehead atoms. The molecule has 2 atom stereocenters. The third-order valence-electron chi connectivity index (χ3n) is 3.42. The number of nitrogens with zero attached hydrogens (tertiary/aromatic N) is 2. The number of sulfonamides is 1. The van der Waals surface area contributed by atoms with Crippen LogP contribution in [0.3, 0.4) is 0 Å². The molecule has 98 valence electrons. The maximum absolute atomic E-state index is 12.1. The topological polar surface area (TPSA) is 81.4 Å². The molecule has 1 N–H and O–H groups in total. The zero-order valence-corrected chi connectivity index (χ0v) is 11.2. The van der Waals surface area contributed by atoms with Crippen LogP contribution in [-0.2, 0) is 10.0 Å². The highest BCUT2D eigenvalue weighted by molar-refractivity contribution is 7.90. The van der Waals surface area contributed by atoms with Gasteiger partial charge in [0.1, 0.15) is 0 Å². The monoisotopic (exact) mass is 260 g/mol. The number of hydrogen-bond acceptors (Lipinski definition) is 4. The molecule has 5 nitrogen and oxygen atoms in total. The predicted molar refractivity (Wildman–Crippen MR) is 64.6 cm³/mol. The maximum Gasteiger partial charge on any atom is 0.230 e. The lowest BCUT2D eigenvalue weighted by molar-refractivity contribution is 0.0911. The van der Waals surface area contributed by atoms with Gasteiger partial charge in [-0.2, -0.15) is 5.26 Å². The third kappa shape index (κ3) is 3.18. The van der Waals surface area contributed by atoms with Crippen molar-refractivity contribution in [2.75, 3.05) is 13.1 Å². The first kappa shape index (κ1) is 14.4. The van der Waals surface area contributed by atoms with E-state index in [0.29, 0.717) is 32.4 Å². The number of piperidine rings is 1. The van der Waals surface area contributed by atoms with Crippen LogP contribution in [0.25, 0.3) is 0 Å². The van der Waals surface area contributed by atoms with E-state index >= 15 is 0 Å². The van der Waals surface area contributed by atoms with Gasteiger partial charge in [-0.05, 0) is 32.1 Å². The van der Waals surface area contributed by atoms with Gasteiger partial charge >= 0.3 is 0 Å². The third-order valence-corrected chi connectivity index (χ3v) is 5.66. The zero-order valence-electron chi connectivity index (χ0n) is 10.3. The first-order valence-corrected chi connectivity index (χ1v) is 7.50. The Hall–Kier alpha value is -0.640. The number of rotatable bonds is 4. The summed E-state index contributed by atoms with van der Waals surface area (Å²) in [6.07, 6.45) is 1.25. The normalized spacial score (nSPS) is 22.9. The molecular weight excluding hydrogens is 240 g/mol. The molecule has 0 aromatic carbocycles. The van der Waals surface area contributed by atoms with Crippen LogP contribution in [0.5, 0.6) is 0 Å². The largest absolute Gasteiger partial charge is 0.393 e. The van der Waals surface area contributed by atoms with Crippen LogP contribution in [0.1, 0.15) is 33.1 Å². The van der Waals surface area contributed by atoms with Gasteiger partial charge in [0.15, 0.2) is 5.25 Å². The van der Waals surface area contributed by atoms with Gasteiger partial charge in [-0.3, -0.25) is 0 Å². The highest BCUT2D eigenvalue weighted by Crippen LogP contribution is 2.24. The van der Waals surface area contributed by atoms with Gasteiger partial charge in [0.2, 0.25) is 10.0 Å². The molecule has 0 aromatic rings. The van der Waals surface area contributed by atoms with Crippen LogP contribution in [0.4, 0.5) is 0 Å². The first-order chi connectivity index (χ1) is 7.93. The zero-order chi connectivity index (χ0) is 13.1. The summed E-state index contributed by atoms with van der Waals surface area (Å²) in [5.41, 5.74) is 0. The molecule has 17 heavy (non-hydrogen) atoms. The lowest BCUT2D eigenvalue weighted by atomic mass is 9.93. The fourth-order valence-corrected chi connectivity index (χ4v) is 3.80. The maximum atomic E-state index is 12.1. The average Bonchev–Trinajstić information content (AvgIpc) is 2.30. The Morgan fingerprint density at radius 2 is 2.00 bits per heavy atom. The van der Waals surface area contributed by atoms with E-state index in [1.165, 1.54) is 4.31 Å². The number of aliphatic hydroxyl groups excluding tert-OH is 1. The van der Waals surface area contributed by atoms with Gasteiger partial charge in [-0.1, -0.05) is 6.92 Å². The van der Waals surface area contributed by atoms with E-state index in [4.69, 9.17) is 5.26 Å². The van der Waals surface area contributed by atoms with Crippen molar-refractivity contribution in [3.63, 3.8) is 0 Å². The Bertz CT molecular complexity index is 378. The Balaban J connectivity index is 2.69. The Labute approximate surface area is 103 Å². The minimum Gasteiger partial charge on any atom is -0.393 e. The molecule has 0 spiro atoms. The molecule has 1 aliphatic heterocycles. The second-order valence-corrected chi connectivity index (χ2v) is 6.66. The first-order valence-electron chi connectivity index (χ1n) is 6.00. The Morgan fingerprint density at radius 1 is 1.47 bits per heavy atom. The molecule has 0 aromatic heterocycles. The summed E-state index contributed by atoms with van der Waals surface area (Å²) in [6, 6.07) is 1.84. The van der Waals surface area contributed by atoms with Crippen molar-refractivity contribution in [1.29, 1.82) is 5.26 Å². The van der Waals surface area contributed by atoms with Crippen LogP contribution in [0.2, 0.25) is 0 Å². The summed E-state index contributed by atoms with van der Waals surface area (Å²) >= 11 is 0. The van der Waals surface area contributed by atoms with Crippen molar-refractivity contribution < 1.29 is 13.5 Å². The molecule has 1 rings (SSSR count). The molecule has 1 aliphatic rings. The summed E-state index contributed by atoms with van der Waals surface area (Å²) < 4.78 is 25.5. The summed E-state index contributed by atoms with van der Waals surface area (Å²) in [5, 5.41) is 17.3. The molecule has 0 saturated carbocycles. The summed E-state index contributed by atoms with van der Waals surface area (Å²) in [6.45, 7) is 4.26. The molecule has 2 unspecified atom stereocenters. The second kappa shape index (κ2) is 5.80. The molecule has 1 saturated heterocycles. The van der Waals surface area contributed by atoms with Gasteiger partial charge in [0, 0.05) is 13.1 Å². The van der Waals surface area contributed by atoms with Gasteiger partial charge in [0.05, 0.1) is 12.2 Å². The van der Waals surface area contributed by atoms with Crippen LogP contribution >= 0.6 is 0 Å². The van der Waals surface area contributed by atoms with Crippen LogP contribution in [0, 0.1) is 17.2 Å². The van der Waals surface area contributed by atoms with Crippen molar-refractivity contribution in [2.45, 2.75) is 44.5 Å². The molecular formula is C11H20N2O3S. The second-order valence-electron chi connectivity index (χ2n) is 4.55. The van der Waals surface area contributed by atoms with E-state index in [1.54, 1.807) is 13.8 Å². The molecule has 0 amide bonds. The molecule has 0 radical (unpaired) electrons. The van der Waals surface area contributed by atoms with Gasteiger partial charge in [-0.15, -0.1) is 0 Å². The predicted octanol–water partition coefficient (Wildman–Crippen LogP) is 0.711. The SMILES string of the molecule is CCC(C#N)S(=O)(=O)N1CCC(C(C)O)CC1. The number of hydrogen-bond donors (Lipinski definition) is 1. The summed E-state index contributed by atoms with van der Waals surface area (Å²) in [4.78, 5) is 0. The fourth-order valence-electron chi connectivity index (χ4n) is 2.16. The lowest BCUT2D eigenvalue weighted by Crippen LogP contribution is -2.44. The lowest BCUT2D eigenvalue weighted by Gasteiger charge is -2.33. The number of nitriles is 1. The molecule has 1 fully saturated rings. The van der Waals surface area contributed by atoms with E-state index < -0.39 is 21.4 Å². The molecule has 6 heteroatoms. The van der Waals surface area contributed by atoms with Crippen molar-refractivity contribution in [1.82, 2.24) is 4.31 Å². The minimum atomic E-state index is -3.48. The van der Waals surface area contributed by atoms with Crippen molar-refractivity contribution in [2.24, 2.45) is 5.92 Å². The standard InChI is InChI=1S/C11H20N2O3S/c1-3-11(8-12)17(15,16)13-6-4-10(5-7-13)9(2)14/h9-11,14H,3-7H2,1-2H3. The van der Waals surface area contributed by atoms with Crippen molar-refractivity contribution in [3.05, 3.63) is 0 Å². The quantitative estimate of drug-likeness (QED) is 0.807. The highest BCUT2D eigenvalue weighted by Gasteiger charge is 2.34. The van der Waals surface area contributed by atoms with E-state index in [-0.39, 0.29) is 5.92 Å². The van der Waals surface area contributed by atoms with Crippen molar-refractivity contribution >= 4 is 10.0 Å². The summed E-state index contributed by atoms with van der Waals surface area (Å²) in [7, 11) is -3.48. The summed E-state index contributed by atoms with van der Waals surface area (Å²) in [5.74, 6) is 0.170. The van der Waals surface area contributed by atoms with Gasteiger partial charge < -0.3 is 5.11 Å². The highest BCUT2D eigenvalue weighted by atomic mass is 32.2. The minimum absolute atomic E-state index is 0.170. The van der Waals surface area contributed by atoms with E-state index in [0.717, 1.165) is 0 Å². The smallest absolute Gasteiger partial charge is 0.230 e. The molecule has 1 heterocycles. The van der Waals surface area contributed by atoms with E-state index in [2.05, 4.69) is 0 Å². The van der Waals surface area contributed by atoms with Gasteiger partial charge in [0.25, 0.3) is 0 Å².